The number of carbonyl (C=O) groups excluding carboxylic acids is 1. The second kappa shape index (κ2) is 7.44. The van der Waals surface area contributed by atoms with Gasteiger partial charge in [0.1, 0.15) is 0 Å². The van der Waals surface area contributed by atoms with Gasteiger partial charge in [-0.1, -0.05) is 36.8 Å². The average molecular weight is 275 g/mol. The minimum absolute atomic E-state index is 0.165. The van der Waals surface area contributed by atoms with Crippen molar-refractivity contribution >= 4 is 5.91 Å². The van der Waals surface area contributed by atoms with E-state index < -0.39 is 0 Å². The number of piperidine rings is 1. The predicted molar refractivity (Wildman–Crippen MR) is 81.9 cm³/mol. The smallest absolute Gasteiger partial charge is 0.224 e. The second-order valence-corrected chi connectivity index (χ2v) is 6.00. The molecule has 0 radical (unpaired) electrons. The summed E-state index contributed by atoms with van der Waals surface area (Å²) < 4.78 is 0. The maximum absolute atomic E-state index is 12.1. The van der Waals surface area contributed by atoms with E-state index in [1.807, 2.05) is 12.1 Å². The number of likely N-dealkylation sites (tertiary alicyclic amines) is 1. The average Bonchev–Trinajstić information content (AvgIpc) is 2.44. The third-order valence-electron chi connectivity index (χ3n) is 4.15. The van der Waals surface area contributed by atoms with Crippen molar-refractivity contribution in [2.75, 3.05) is 19.6 Å². The molecule has 0 bridgehead atoms. The molecular weight excluding hydrogens is 248 g/mol. The molecule has 1 fully saturated rings. The first-order valence-electron chi connectivity index (χ1n) is 7.86. The van der Waals surface area contributed by atoms with Crippen LogP contribution in [0.2, 0.25) is 0 Å². The number of rotatable bonds is 5. The predicted octanol–water partition coefficient (Wildman–Crippen LogP) is 1.11. The summed E-state index contributed by atoms with van der Waals surface area (Å²) in [4.78, 5) is 13.7. The first kappa shape index (κ1) is 15.0. The Balaban J connectivity index is 1.74. The van der Waals surface area contributed by atoms with E-state index in [1.165, 1.54) is 31.6 Å². The van der Waals surface area contributed by atoms with Gasteiger partial charge in [0.15, 0.2) is 0 Å². The molecule has 1 aliphatic heterocycles. The van der Waals surface area contributed by atoms with Crippen LogP contribution in [-0.4, -0.2) is 31.6 Å². The van der Waals surface area contributed by atoms with Crippen molar-refractivity contribution in [3.8, 4) is 0 Å². The number of hydrogen-bond donors (Lipinski definition) is 2. The summed E-state index contributed by atoms with van der Waals surface area (Å²) in [5.74, 6) is 0.165. The molecule has 1 amide bonds. The molecule has 3 heteroatoms. The first-order valence-corrected chi connectivity index (χ1v) is 7.86. The van der Waals surface area contributed by atoms with E-state index >= 15 is 0 Å². The Labute approximate surface area is 122 Å². The molecule has 0 saturated carbocycles. The maximum Gasteiger partial charge on any atom is 0.224 e. The zero-order valence-electron chi connectivity index (χ0n) is 12.7. The van der Waals surface area contributed by atoms with Gasteiger partial charge in [-0.2, -0.15) is 0 Å². The molecule has 0 atom stereocenters. The summed E-state index contributed by atoms with van der Waals surface area (Å²) in [5, 5.41) is 3.19. The van der Waals surface area contributed by atoms with Crippen molar-refractivity contribution in [3.63, 3.8) is 0 Å². The van der Waals surface area contributed by atoms with Gasteiger partial charge in [-0.15, -0.1) is 0 Å². The van der Waals surface area contributed by atoms with Crippen molar-refractivity contribution in [3.05, 3.63) is 35.4 Å². The highest BCUT2D eigenvalue weighted by atomic mass is 16.1. The molecule has 1 aliphatic rings. The van der Waals surface area contributed by atoms with E-state index in [4.69, 9.17) is 0 Å². The molecule has 0 unspecified atom stereocenters. The summed E-state index contributed by atoms with van der Waals surface area (Å²) in [7, 11) is 0. The number of benzene rings is 1. The lowest BCUT2D eigenvalue weighted by Gasteiger charge is -2.29. The summed E-state index contributed by atoms with van der Waals surface area (Å²) in [5.41, 5.74) is 2.34. The molecule has 0 aliphatic carbocycles. The molecular formula is C17H27N2O+. The Morgan fingerprint density at radius 1 is 1.25 bits per heavy atom. The van der Waals surface area contributed by atoms with Crippen LogP contribution in [0.5, 0.6) is 0 Å². The molecule has 0 aromatic heterocycles. The summed E-state index contributed by atoms with van der Waals surface area (Å²) in [6, 6.07) is 8.60. The van der Waals surface area contributed by atoms with Crippen molar-refractivity contribution in [1.29, 1.82) is 0 Å². The lowest BCUT2D eigenvalue weighted by Crippen LogP contribution is -3.13. The number of hydrogen-bond acceptors (Lipinski definition) is 1. The number of quaternary nitrogens is 1. The highest BCUT2D eigenvalue weighted by Crippen LogP contribution is 2.05. The molecule has 1 saturated heterocycles. The summed E-state index contributed by atoms with van der Waals surface area (Å²) in [6.07, 6.45) is 3.99. The van der Waals surface area contributed by atoms with Gasteiger partial charge in [-0.25, -0.2) is 0 Å². The van der Waals surface area contributed by atoms with Crippen molar-refractivity contribution < 1.29 is 9.69 Å². The van der Waals surface area contributed by atoms with Crippen LogP contribution in [0, 0.1) is 6.92 Å². The molecule has 0 spiro atoms. The highest BCUT2D eigenvalue weighted by Gasteiger charge is 2.22. The Hall–Kier alpha value is -1.35. The zero-order chi connectivity index (χ0) is 14.4. The summed E-state index contributed by atoms with van der Waals surface area (Å²) >= 11 is 0. The highest BCUT2D eigenvalue weighted by molar-refractivity contribution is 5.78. The van der Waals surface area contributed by atoms with Gasteiger partial charge in [0.25, 0.3) is 0 Å². The zero-order valence-corrected chi connectivity index (χ0v) is 12.7. The quantitative estimate of drug-likeness (QED) is 0.829. The molecule has 1 aromatic carbocycles. The second-order valence-electron chi connectivity index (χ2n) is 6.00. The van der Waals surface area contributed by atoms with E-state index in [1.54, 1.807) is 4.90 Å². The lowest BCUT2D eigenvalue weighted by atomic mass is 10.0. The van der Waals surface area contributed by atoms with Gasteiger partial charge < -0.3 is 10.2 Å². The monoisotopic (exact) mass is 275 g/mol. The van der Waals surface area contributed by atoms with Gasteiger partial charge in [0.05, 0.1) is 26.1 Å². The molecule has 20 heavy (non-hydrogen) atoms. The van der Waals surface area contributed by atoms with Crippen molar-refractivity contribution in [2.45, 2.75) is 45.6 Å². The standard InChI is InChI=1S/C17H26N2O/c1-3-10-19-11-8-16(9-12-19)18-17(20)13-15-6-4-14(2)5-7-15/h4-7,16H,3,8-13H2,1-2H3,(H,18,20)/p+1. The largest absolute Gasteiger partial charge is 0.353 e. The fourth-order valence-corrected chi connectivity index (χ4v) is 2.94. The first-order chi connectivity index (χ1) is 9.67. The fraction of sp³-hybridized carbons (Fsp3) is 0.588. The molecule has 110 valence electrons. The third kappa shape index (κ3) is 4.64. The maximum atomic E-state index is 12.1. The third-order valence-corrected chi connectivity index (χ3v) is 4.15. The van der Waals surface area contributed by atoms with E-state index in [-0.39, 0.29) is 5.91 Å². The van der Waals surface area contributed by atoms with Crippen LogP contribution in [0.3, 0.4) is 0 Å². The topological polar surface area (TPSA) is 33.5 Å². The molecule has 2 N–H and O–H groups in total. The van der Waals surface area contributed by atoms with Gasteiger partial charge in [0, 0.05) is 18.9 Å². The Kier molecular flexibility index (Phi) is 5.60. The summed E-state index contributed by atoms with van der Waals surface area (Å²) in [6.45, 7) is 7.97. The number of aryl methyl sites for hydroxylation is 1. The Morgan fingerprint density at radius 3 is 2.50 bits per heavy atom. The van der Waals surface area contributed by atoms with Crippen LogP contribution in [0.15, 0.2) is 24.3 Å². The molecule has 2 rings (SSSR count). The van der Waals surface area contributed by atoms with Crippen LogP contribution >= 0.6 is 0 Å². The van der Waals surface area contributed by atoms with E-state index in [9.17, 15) is 4.79 Å². The normalized spacial score (nSPS) is 22.5. The Bertz CT molecular complexity index is 419. The number of amides is 1. The van der Waals surface area contributed by atoms with Gasteiger partial charge in [0.2, 0.25) is 5.91 Å². The van der Waals surface area contributed by atoms with Crippen LogP contribution < -0.4 is 10.2 Å². The number of carbonyl (C=O) groups is 1. The minimum Gasteiger partial charge on any atom is -0.353 e. The van der Waals surface area contributed by atoms with Gasteiger partial charge in [-0.3, -0.25) is 4.79 Å². The fourth-order valence-electron chi connectivity index (χ4n) is 2.94. The minimum atomic E-state index is 0.165. The molecule has 1 heterocycles. The van der Waals surface area contributed by atoms with Crippen LogP contribution in [-0.2, 0) is 11.2 Å². The number of nitrogens with one attached hydrogen (secondary N) is 2. The van der Waals surface area contributed by atoms with Crippen LogP contribution in [0.25, 0.3) is 0 Å². The Morgan fingerprint density at radius 2 is 1.90 bits per heavy atom. The van der Waals surface area contributed by atoms with Crippen molar-refractivity contribution in [1.82, 2.24) is 5.32 Å². The van der Waals surface area contributed by atoms with E-state index in [0.29, 0.717) is 12.5 Å². The lowest BCUT2D eigenvalue weighted by molar-refractivity contribution is -0.905. The van der Waals surface area contributed by atoms with E-state index in [0.717, 1.165) is 18.4 Å². The van der Waals surface area contributed by atoms with E-state index in [2.05, 4.69) is 31.3 Å². The molecule has 3 nitrogen and oxygen atoms in total. The SMILES string of the molecule is CCC[NH+]1CCC(NC(=O)Cc2ccc(C)cc2)CC1. The van der Waals surface area contributed by atoms with Gasteiger partial charge >= 0.3 is 0 Å². The van der Waals surface area contributed by atoms with Crippen LogP contribution in [0.1, 0.15) is 37.3 Å². The molecule has 1 aromatic rings. The van der Waals surface area contributed by atoms with Crippen molar-refractivity contribution in [2.24, 2.45) is 0 Å². The van der Waals surface area contributed by atoms with Gasteiger partial charge in [-0.05, 0) is 18.9 Å². The van der Waals surface area contributed by atoms with Crippen LogP contribution in [0.4, 0.5) is 0 Å².